The van der Waals surface area contributed by atoms with Crippen LogP contribution < -0.4 is 0 Å². The highest BCUT2D eigenvalue weighted by Gasteiger charge is 2.25. The van der Waals surface area contributed by atoms with Crippen molar-refractivity contribution in [2.24, 2.45) is 0 Å². The third kappa shape index (κ3) is 3.38. The first kappa shape index (κ1) is 16.4. The molecule has 0 spiro atoms. The topological polar surface area (TPSA) is 66.2 Å². The summed E-state index contributed by atoms with van der Waals surface area (Å²) in [6.45, 7) is 2.67. The Bertz CT molecular complexity index is 731. The van der Waals surface area contributed by atoms with Crippen LogP contribution in [0.3, 0.4) is 0 Å². The van der Waals surface area contributed by atoms with Gasteiger partial charge in [-0.15, -0.1) is 0 Å². The number of hydrogen-bond acceptors (Lipinski definition) is 5. The van der Waals surface area contributed by atoms with Crippen LogP contribution in [0.1, 0.15) is 52.8 Å². The van der Waals surface area contributed by atoms with Crippen LogP contribution in [0.4, 0.5) is 0 Å². The van der Waals surface area contributed by atoms with Crippen molar-refractivity contribution in [3.63, 3.8) is 0 Å². The van der Waals surface area contributed by atoms with Gasteiger partial charge in [0.05, 0.1) is 7.11 Å². The minimum Gasteiger partial charge on any atom is -0.464 e. The zero-order chi connectivity index (χ0) is 16.9. The highest BCUT2D eigenvalue weighted by atomic mass is 16.5. The van der Waals surface area contributed by atoms with Gasteiger partial charge < -0.3 is 9.47 Å². The molecule has 0 radical (unpaired) electrons. The van der Waals surface area contributed by atoms with E-state index in [1.54, 1.807) is 17.1 Å². The van der Waals surface area contributed by atoms with Crippen molar-refractivity contribution < 1.29 is 14.3 Å². The molecule has 1 aliphatic rings. The first-order valence-electron chi connectivity index (χ1n) is 8.08. The molecule has 1 unspecified atom stereocenters. The standard InChI is InChI=1S/C18H21N3O3/c1-13-15(9-8-14-6-5-10-19-12-14)17(18(22)23-2)20-21(13)16-7-3-4-11-24-16/h5-6,8-10,12,16H,3-4,7,11H2,1-2H3. The molecule has 6 heteroatoms. The van der Waals surface area contributed by atoms with Crippen LogP contribution in [-0.2, 0) is 9.47 Å². The second-order valence-corrected chi connectivity index (χ2v) is 5.72. The third-order valence-electron chi connectivity index (χ3n) is 4.13. The smallest absolute Gasteiger partial charge is 0.359 e. The fraction of sp³-hybridized carbons (Fsp3) is 0.389. The predicted octanol–water partition coefficient (Wildman–Crippen LogP) is 3.24. The number of ether oxygens (including phenoxy) is 2. The maximum absolute atomic E-state index is 12.1. The molecule has 0 aliphatic carbocycles. The third-order valence-corrected chi connectivity index (χ3v) is 4.13. The Morgan fingerprint density at radius 1 is 1.42 bits per heavy atom. The molecule has 0 amide bonds. The summed E-state index contributed by atoms with van der Waals surface area (Å²) in [6.07, 6.45) is 10.2. The van der Waals surface area contributed by atoms with E-state index in [4.69, 9.17) is 9.47 Å². The average molecular weight is 327 g/mol. The largest absolute Gasteiger partial charge is 0.464 e. The summed E-state index contributed by atoms with van der Waals surface area (Å²) in [5.41, 5.74) is 2.90. The molecule has 1 saturated heterocycles. The first-order chi connectivity index (χ1) is 11.7. The molecule has 3 rings (SSSR count). The lowest BCUT2D eigenvalue weighted by Gasteiger charge is -2.23. The van der Waals surface area contributed by atoms with E-state index in [9.17, 15) is 4.79 Å². The minimum absolute atomic E-state index is 0.123. The van der Waals surface area contributed by atoms with Crippen LogP contribution in [0.2, 0.25) is 0 Å². The van der Waals surface area contributed by atoms with Crippen molar-refractivity contribution in [3.05, 3.63) is 47.0 Å². The summed E-state index contributed by atoms with van der Waals surface area (Å²) < 4.78 is 12.5. The fourth-order valence-corrected chi connectivity index (χ4v) is 2.83. The van der Waals surface area contributed by atoms with Gasteiger partial charge in [-0.1, -0.05) is 18.2 Å². The second-order valence-electron chi connectivity index (χ2n) is 5.72. The molecule has 1 atom stereocenters. The van der Waals surface area contributed by atoms with E-state index in [-0.39, 0.29) is 6.23 Å². The molecular weight excluding hydrogens is 306 g/mol. The summed E-state index contributed by atoms with van der Waals surface area (Å²) in [6, 6.07) is 3.82. The van der Waals surface area contributed by atoms with Gasteiger partial charge in [-0.2, -0.15) is 5.10 Å². The van der Waals surface area contributed by atoms with Crippen molar-refractivity contribution in [1.82, 2.24) is 14.8 Å². The molecule has 2 aromatic heterocycles. The van der Waals surface area contributed by atoms with Gasteiger partial charge >= 0.3 is 5.97 Å². The molecular formula is C18H21N3O3. The number of carbonyl (C=O) groups excluding carboxylic acids is 1. The van der Waals surface area contributed by atoms with Crippen molar-refractivity contribution in [2.75, 3.05) is 13.7 Å². The quantitative estimate of drug-likeness (QED) is 0.807. The lowest BCUT2D eigenvalue weighted by atomic mass is 10.1. The maximum Gasteiger partial charge on any atom is 0.359 e. The van der Waals surface area contributed by atoms with E-state index < -0.39 is 5.97 Å². The number of carbonyl (C=O) groups is 1. The van der Waals surface area contributed by atoms with Crippen LogP contribution in [0.15, 0.2) is 24.5 Å². The summed E-state index contributed by atoms with van der Waals surface area (Å²) in [5.74, 6) is -0.446. The number of esters is 1. The molecule has 0 N–H and O–H groups in total. The van der Waals surface area contributed by atoms with Crippen LogP contribution in [0, 0.1) is 6.92 Å². The number of rotatable bonds is 4. The monoisotopic (exact) mass is 327 g/mol. The Morgan fingerprint density at radius 3 is 2.96 bits per heavy atom. The molecule has 0 saturated carbocycles. The van der Waals surface area contributed by atoms with Gasteiger partial charge in [-0.05, 0) is 37.8 Å². The lowest BCUT2D eigenvalue weighted by Crippen LogP contribution is -2.20. The zero-order valence-corrected chi connectivity index (χ0v) is 13.9. The van der Waals surface area contributed by atoms with Gasteiger partial charge in [0.1, 0.15) is 6.23 Å². The first-order valence-corrected chi connectivity index (χ1v) is 8.08. The average Bonchev–Trinajstić information content (AvgIpc) is 2.97. The van der Waals surface area contributed by atoms with Crippen LogP contribution >= 0.6 is 0 Å². The van der Waals surface area contributed by atoms with Crippen LogP contribution in [0.5, 0.6) is 0 Å². The van der Waals surface area contributed by atoms with E-state index in [2.05, 4.69) is 10.1 Å². The summed E-state index contributed by atoms with van der Waals surface area (Å²) >= 11 is 0. The summed E-state index contributed by atoms with van der Waals surface area (Å²) in [7, 11) is 1.36. The Balaban J connectivity index is 1.97. The Morgan fingerprint density at radius 2 is 2.29 bits per heavy atom. The Kier molecular flexibility index (Phi) is 5.05. The molecule has 0 aromatic carbocycles. The molecule has 6 nitrogen and oxygen atoms in total. The molecule has 3 heterocycles. The van der Waals surface area contributed by atoms with E-state index in [0.717, 1.165) is 42.7 Å². The number of hydrogen-bond donors (Lipinski definition) is 0. The molecule has 126 valence electrons. The lowest BCUT2D eigenvalue weighted by molar-refractivity contribution is -0.0408. The number of aromatic nitrogens is 3. The summed E-state index contributed by atoms with van der Waals surface area (Å²) in [5, 5.41) is 4.47. The highest BCUT2D eigenvalue weighted by Crippen LogP contribution is 2.27. The minimum atomic E-state index is -0.446. The van der Waals surface area contributed by atoms with Gasteiger partial charge in [-0.25, -0.2) is 9.48 Å². The molecule has 24 heavy (non-hydrogen) atoms. The van der Waals surface area contributed by atoms with E-state index >= 15 is 0 Å². The normalized spacial score (nSPS) is 18.0. The number of methoxy groups -OCH3 is 1. The van der Waals surface area contributed by atoms with Gasteiger partial charge in [0.25, 0.3) is 0 Å². The van der Waals surface area contributed by atoms with Crippen molar-refractivity contribution in [3.8, 4) is 0 Å². The maximum atomic E-state index is 12.1. The Hall–Kier alpha value is -2.47. The van der Waals surface area contributed by atoms with Gasteiger partial charge in [0, 0.05) is 30.3 Å². The fourth-order valence-electron chi connectivity index (χ4n) is 2.83. The molecule has 2 aromatic rings. The zero-order valence-electron chi connectivity index (χ0n) is 13.9. The SMILES string of the molecule is COC(=O)c1nn(C2CCCCO2)c(C)c1C=Cc1cccnc1. The van der Waals surface area contributed by atoms with Gasteiger partial charge in [0.15, 0.2) is 5.69 Å². The van der Waals surface area contributed by atoms with E-state index in [1.165, 1.54) is 7.11 Å². The molecule has 1 fully saturated rings. The highest BCUT2D eigenvalue weighted by molar-refractivity contribution is 5.93. The Labute approximate surface area is 141 Å². The predicted molar refractivity (Wildman–Crippen MR) is 90.3 cm³/mol. The van der Waals surface area contributed by atoms with Crippen molar-refractivity contribution >= 4 is 18.1 Å². The van der Waals surface area contributed by atoms with Crippen molar-refractivity contribution in [1.29, 1.82) is 0 Å². The summed E-state index contributed by atoms with van der Waals surface area (Å²) in [4.78, 5) is 16.2. The number of nitrogens with zero attached hydrogens (tertiary/aromatic N) is 3. The number of pyridine rings is 1. The molecule has 0 bridgehead atoms. The van der Waals surface area contributed by atoms with Crippen molar-refractivity contribution in [2.45, 2.75) is 32.4 Å². The van der Waals surface area contributed by atoms with E-state index in [1.807, 2.05) is 31.2 Å². The van der Waals surface area contributed by atoms with Crippen LogP contribution in [0.25, 0.3) is 12.2 Å². The van der Waals surface area contributed by atoms with Crippen LogP contribution in [-0.4, -0.2) is 34.5 Å². The second kappa shape index (κ2) is 7.40. The van der Waals surface area contributed by atoms with Gasteiger partial charge in [0.2, 0.25) is 0 Å². The van der Waals surface area contributed by atoms with E-state index in [0.29, 0.717) is 5.69 Å². The van der Waals surface area contributed by atoms with Gasteiger partial charge in [-0.3, -0.25) is 4.98 Å². The molecule has 1 aliphatic heterocycles.